The van der Waals surface area contributed by atoms with Gasteiger partial charge in [-0.1, -0.05) is 71.7 Å². The third-order valence-corrected chi connectivity index (χ3v) is 7.36. The molecule has 0 radical (unpaired) electrons. The minimum atomic E-state index is -0.403. The summed E-state index contributed by atoms with van der Waals surface area (Å²) in [6, 6.07) is 24.8. The van der Waals surface area contributed by atoms with Gasteiger partial charge >= 0.3 is 0 Å². The molecule has 0 aliphatic carbocycles. The zero-order valence-electron chi connectivity index (χ0n) is 20.8. The van der Waals surface area contributed by atoms with E-state index in [1.54, 1.807) is 6.21 Å². The quantitative estimate of drug-likeness (QED) is 0.222. The number of hydrogen-bond acceptors (Lipinski definition) is 5. The van der Waals surface area contributed by atoms with Gasteiger partial charge < -0.3 is 5.11 Å². The SMILES string of the molecule is O=C(N/N=C/c1cccc2c(CN3CCN(Cc4ccc(Cl)cc4)CC3)cccc12)c1ccc(O)c(Cl)c1. The van der Waals surface area contributed by atoms with Crippen LogP contribution in [0.3, 0.4) is 0 Å². The number of benzene rings is 4. The number of aromatic hydroxyl groups is 1. The van der Waals surface area contributed by atoms with Crippen LogP contribution in [0.2, 0.25) is 10.0 Å². The summed E-state index contributed by atoms with van der Waals surface area (Å²) in [5.41, 5.74) is 6.33. The Hall–Kier alpha value is -3.42. The number of nitrogens with zero attached hydrogens (tertiary/aromatic N) is 3. The van der Waals surface area contributed by atoms with Gasteiger partial charge in [0.25, 0.3) is 5.91 Å². The zero-order chi connectivity index (χ0) is 26.5. The maximum Gasteiger partial charge on any atom is 0.271 e. The van der Waals surface area contributed by atoms with Gasteiger partial charge in [-0.3, -0.25) is 14.6 Å². The highest BCUT2D eigenvalue weighted by atomic mass is 35.5. The maximum absolute atomic E-state index is 12.4. The molecule has 38 heavy (non-hydrogen) atoms. The fourth-order valence-electron chi connectivity index (χ4n) is 4.72. The van der Waals surface area contributed by atoms with Gasteiger partial charge in [0.05, 0.1) is 11.2 Å². The summed E-state index contributed by atoms with van der Waals surface area (Å²) >= 11 is 11.9. The lowest BCUT2D eigenvalue weighted by atomic mass is 10.00. The van der Waals surface area contributed by atoms with Crippen LogP contribution in [-0.2, 0) is 13.1 Å². The van der Waals surface area contributed by atoms with Crippen LogP contribution in [0, 0.1) is 0 Å². The summed E-state index contributed by atoms with van der Waals surface area (Å²) < 4.78 is 0. The lowest BCUT2D eigenvalue weighted by Gasteiger charge is -2.35. The summed E-state index contributed by atoms with van der Waals surface area (Å²) in [5, 5.41) is 16.9. The smallest absolute Gasteiger partial charge is 0.271 e. The highest BCUT2D eigenvalue weighted by Gasteiger charge is 2.18. The van der Waals surface area contributed by atoms with Gasteiger partial charge in [-0.05, 0) is 52.2 Å². The first-order valence-electron chi connectivity index (χ1n) is 12.5. The van der Waals surface area contributed by atoms with Gasteiger partial charge in [-0.25, -0.2) is 5.43 Å². The van der Waals surface area contributed by atoms with E-state index in [-0.39, 0.29) is 10.8 Å². The number of rotatable bonds is 7. The van der Waals surface area contributed by atoms with E-state index in [9.17, 15) is 9.90 Å². The largest absolute Gasteiger partial charge is 0.506 e. The van der Waals surface area contributed by atoms with Crippen molar-refractivity contribution in [3.05, 3.63) is 111 Å². The van der Waals surface area contributed by atoms with E-state index in [1.165, 1.54) is 34.7 Å². The van der Waals surface area contributed by atoms with Crippen LogP contribution in [-0.4, -0.2) is 53.2 Å². The minimum absolute atomic E-state index is 0.0712. The van der Waals surface area contributed by atoms with Crippen molar-refractivity contribution >= 4 is 46.1 Å². The molecule has 194 valence electrons. The molecule has 4 aromatic rings. The van der Waals surface area contributed by atoms with Gasteiger partial charge in [-0.15, -0.1) is 0 Å². The van der Waals surface area contributed by atoms with Crippen molar-refractivity contribution in [2.75, 3.05) is 26.2 Å². The van der Waals surface area contributed by atoms with E-state index in [2.05, 4.69) is 56.7 Å². The minimum Gasteiger partial charge on any atom is -0.506 e. The van der Waals surface area contributed by atoms with Crippen molar-refractivity contribution in [1.82, 2.24) is 15.2 Å². The fourth-order valence-corrected chi connectivity index (χ4v) is 5.02. The van der Waals surface area contributed by atoms with Gasteiger partial charge in [-0.2, -0.15) is 5.10 Å². The number of phenolic OH excluding ortho intramolecular Hbond substituents is 1. The topological polar surface area (TPSA) is 68.2 Å². The highest BCUT2D eigenvalue weighted by Crippen LogP contribution is 2.25. The van der Waals surface area contributed by atoms with Crippen LogP contribution in [0.15, 0.2) is 84.0 Å². The first-order chi connectivity index (χ1) is 18.5. The van der Waals surface area contributed by atoms with Crippen molar-refractivity contribution < 1.29 is 9.90 Å². The standard InChI is InChI=1S/C30H28Cl2N4O2/c31-25-10-7-21(8-11-25)19-35-13-15-36(16-14-35)20-24-4-2-5-26-23(3-1-6-27(24)26)18-33-34-30(38)22-9-12-29(37)28(32)17-22/h1-12,17-18,37H,13-16,19-20H2,(H,34,38)/b33-18+. The Labute approximate surface area is 232 Å². The monoisotopic (exact) mass is 546 g/mol. The van der Waals surface area contributed by atoms with Crippen molar-refractivity contribution in [2.24, 2.45) is 5.10 Å². The lowest BCUT2D eigenvalue weighted by molar-refractivity contribution is 0.0955. The van der Waals surface area contributed by atoms with Gasteiger partial charge in [0.2, 0.25) is 0 Å². The highest BCUT2D eigenvalue weighted by molar-refractivity contribution is 6.32. The van der Waals surface area contributed by atoms with Crippen molar-refractivity contribution in [3.8, 4) is 5.75 Å². The number of hydrogen-bond donors (Lipinski definition) is 2. The van der Waals surface area contributed by atoms with E-state index < -0.39 is 5.91 Å². The van der Waals surface area contributed by atoms with E-state index in [4.69, 9.17) is 23.2 Å². The summed E-state index contributed by atoms with van der Waals surface area (Å²) in [6.07, 6.45) is 1.65. The molecule has 0 atom stereocenters. The number of piperazine rings is 1. The second-order valence-electron chi connectivity index (χ2n) is 9.40. The maximum atomic E-state index is 12.4. The second-order valence-corrected chi connectivity index (χ2v) is 10.2. The molecule has 1 amide bonds. The average molecular weight is 547 g/mol. The molecule has 1 saturated heterocycles. The lowest BCUT2D eigenvalue weighted by Crippen LogP contribution is -2.45. The summed E-state index contributed by atoms with van der Waals surface area (Å²) in [6.45, 7) is 5.90. The molecule has 4 aromatic carbocycles. The number of phenols is 1. The van der Waals surface area contributed by atoms with Gasteiger partial charge in [0.1, 0.15) is 5.75 Å². The molecule has 2 N–H and O–H groups in total. The predicted octanol–water partition coefficient (Wildman–Crippen LogP) is 5.93. The summed E-state index contributed by atoms with van der Waals surface area (Å²) in [5.74, 6) is -0.475. The Morgan fingerprint density at radius 2 is 1.55 bits per heavy atom. The normalized spacial score (nSPS) is 14.8. The number of nitrogens with one attached hydrogen (secondary N) is 1. The molecule has 0 spiro atoms. The molecule has 6 nitrogen and oxygen atoms in total. The molecule has 1 aliphatic heterocycles. The Bertz CT molecular complexity index is 1470. The Balaban J connectivity index is 1.22. The third kappa shape index (κ3) is 6.34. The Kier molecular flexibility index (Phi) is 8.25. The van der Waals surface area contributed by atoms with Crippen LogP contribution < -0.4 is 5.43 Å². The molecule has 5 rings (SSSR count). The van der Waals surface area contributed by atoms with Crippen LogP contribution >= 0.6 is 23.2 Å². The number of amides is 1. The third-order valence-electron chi connectivity index (χ3n) is 6.80. The Morgan fingerprint density at radius 3 is 2.29 bits per heavy atom. The van der Waals surface area contributed by atoms with Gasteiger partial charge in [0.15, 0.2) is 0 Å². The molecule has 8 heteroatoms. The van der Waals surface area contributed by atoms with Crippen molar-refractivity contribution in [3.63, 3.8) is 0 Å². The zero-order valence-corrected chi connectivity index (χ0v) is 22.3. The molecule has 0 bridgehead atoms. The average Bonchev–Trinajstić information content (AvgIpc) is 2.93. The van der Waals surface area contributed by atoms with Crippen LogP contribution in [0.25, 0.3) is 10.8 Å². The second kappa shape index (κ2) is 12.0. The van der Waals surface area contributed by atoms with Gasteiger partial charge in [0, 0.05) is 55.4 Å². The molecule has 0 saturated carbocycles. The molecule has 1 aliphatic rings. The Morgan fingerprint density at radius 1 is 0.868 bits per heavy atom. The molecule has 0 aromatic heterocycles. The van der Waals surface area contributed by atoms with Crippen LogP contribution in [0.4, 0.5) is 0 Å². The summed E-state index contributed by atoms with van der Waals surface area (Å²) in [7, 11) is 0. The predicted molar refractivity (Wildman–Crippen MR) is 154 cm³/mol. The molecular formula is C30H28Cl2N4O2. The molecular weight excluding hydrogens is 519 g/mol. The van der Waals surface area contributed by atoms with E-state index in [0.717, 1.165) is 55.2 Å². The van der Waals surface area contributed by atoms with E-state index >= 15 is 0 Å². The number of fused-ring (bicyclic) bond motifs is 1. The van der Waals surface area contributed by atoms with Crippen LogP contribution in [0.1, 0.15) is 27.0 Å². The van der Waals surface area contributed by atoms with Crippen molar-refractivity contribution in [2.45, 2.75) is 13.1 Å². The molecule has 1 fully saturated rings. The number of carbonyl (C=O) groups is 1. The fraction of sp³-hybridized carbons (Fsp3) is 0.200. The first kappa shape index (κ1) is 26.2. The summed E-state index contributed by atoms with van der Waals surface area (Å²) in [4.78, 5) is 17.4. The van der Waals surface area contributed by atoms with Crippen molar-refractivity contribution in [1.29, 1.82) is 0 Å². The number of halogens is 2. The molecule has 0 unspecified atom stereocenters. The number of hydrazone groups is 1. The number of carbonyl (C=O) groups excluding carboxylic acids is 1. The van der Waals surface area contributed by atoms with Crippen LogP contribution in [0.5, 0.6) is 5.75 Å². The molecule has 1 heterocycles. The van der Waals surface area contributed by atoms with E-state index in [0.29, 0.717) is 5.56 Å². The first-order valence-corrected chi connectivity index (χ1v) is 13.2. The van der Waals surface area contributed by atoms with E-state index in [1.807, 2.05) is 24.3 Å².